The number of carbonyl (C=O) groups is 2. The van der Waals surface area contributed by atoms with Gasteiger partial charge in [0.05, 0.1) is 4.88 Å². The predicted octanol–water partition coefficient (Wildman–Crippen LogP) is 4.35. The molecule has 1 amide bonds. The highest BCUT2D eigenvalue weighted by atomic mass is 32.1. The summed E-state index contributed by atoms with van der Waals surface area (Å²) in [5.41, 5.74) is 2.82. The van der Waals surface area contributed by atoms with E-state index in [-0.39, 0.29) is 11.7 Å². The van der Waals surface area contributed by atoms with E-state index in [0.29, 0.717) is 31.9 Å². The Balaban J connectivity index is 1.23. The van der Waals surface area contributed by atoms with E-state index in [2.05, 4.69) is 4.90 Å². The van der Waals surface area contributed by atoms with Gasteiger partial charge in [-0.05, 0) is 67.1 Å². The molecular formula is C25H24N2O4S. The van der Waals surface area contributed by atoms with Gasteiger partial charge in [-0.3, -0.25) is 9.59 Å². The van der Waals surface area contributed by atoms with Crippen molar-refractivity contribution < 1.29 is 19.1 Å². The van der Waals surface area contributed by atoms with Crippen LogP contribution in [0.2, 0.25) is 0 Å². The minimum Gasteiger partial charge on any atom is -0.486 e. The number of hydrogen-bond donors (Lipinski definition) is 0. The third-order valence-electron chi connectivity index (χ3n) is 5.85. The van der Waals surface area contributed by atoms with Crippen molar-refractivity contribution in [3.05, 3.63) is 65.0 Å². The molecule has 7 heteroatoms. The standard InChI is InChI=1S/C25H24N2O4S/c1-17(28)18-2-5-20(6-3-18)26-10-12-27(13-11-26)25(29)24-9-8-23(32-24)19-4-7-21-22(16-19)31-15-14-30-21/h2-9,16H,10-15H2,1H3. The summed E-state index contributed by atoms with van der Waals surface area (Å²) in [6.07, 6.45) is 0. The molecule has 0 aliphatic carbocycles. The van der Waals surface area contributed by atoms with E-state index in [1.807, 2.05) is 59.5 Å². The predicted molar refractivity (Wildman–Crippen MR) is 125 cm³/mol. The fourth-order valence-corrected chi connectivity index (χ4v) is 5.01. The van der Waals surface area contributed by atoms with Crippen LogP contribution >= 0.6 is 11.3 Å². The Morgan fingerprint density at radius 3 is 2.28 bits per heavy atom. The summed E-state index contributed by atoms with van der Waals surface area (Å²) in [5, 5.41) is 0. The maximum Gasteiger partial charge on any atom is 0.264 e. The van der Waals surface area contributed by atoms with Crippen molar-refractivity contribution in [2.45, 2.75) is 6.92 Å². The lowest BCUT2D eigenvalue weighted by atomic mass is 10.1. The van der Waals surface area contributed by atoms with E-state index in [1.165, 1.54) is 11.3 Å². The highest BCUT2D eigenvalue weighted by molar-refractivity contribution is 7.17. The highest BCUT2D eigenvalue weighted by Crippen LogP contribution is 2.37. The monoisotopic (exact) mass is 448 g/mol. The van der Waals surface area contributed by atoms with Gasteiger partial charge in [0.15, 0.2) is 17.3 Å². The highest BCUT2D eigenvalue weighted by Gasteiger charge is 2.24. The van der Waals surface area contributed by atoms with E-state index >= 15 is 0 Å². The van der Waals surface area contributed by atoms with Crippen molar-refractivity contribution in [1.29, 1.82) is 0 Å². The molecule has 0 radical (unpaired) electrons. The minimum atomic E-state index is 0.0681. The lowest BCUT2D eigenvalue weighted by Gasteiger charge is -2.36. The third kappa shape index (κ3) is 4.08. The number of anilines is 1. The molecule has 1 fully saturated rings. The van der Waals surface area contributed by atoms with Crippen LogP contribution in [0.15, 0.2) is 54.6 Å². The van der Waals surface area contributed by atoms with Crippen LogP contribution in [0.5, 0.6) is 11.5 Å². The second-order valence-corrected chi connectivity index (χ2v) is 8.99. The van der Waals surface area contributed by atoms with Gasteiger partial charge in [-0.25, -0.2) is 0 Å². The number of fused-ring (bicyclic) bond motifs is 1. The van der Waals surface area contributed by atoms with Gasteiger partial charge in [0.2, 0.25) is 0 Å². The molecule has 3 aromatic rings. The molecule has 0 atom stereocenters. The molecule has 3 heterocycles. The first-order chi connectivity index (χ1) is 15.6. The minimum absolute atomic E-state index is 0.0681. The van der Waals surface area contributed by atoms with Gasteiger partial charge in [-0.15, -0.1) is 11.3 Å². The van der Waals surface area contributed by atoms with E-state index in [4.69, 9.17) is 9.47 Å². The molecule has 0 unspecified atom stereocenters. The van der Waals surface area contributed by atoms with Crippen molar-refractivity contribution in [1.82, 2.24) is 4.90 Å². The second-order valence-electron chi connectivity index (χ2n) is 7.90. The SMILES string of the molecule is CC(=O)c1ccc(N2CCN(C(=O)c3ccc(-c4ccc5c(c4)OCCO5)s3)CC2)cc1. The number of piperazine rings is 1. The van der Waals surface area contributed by atoms with Gasteiger partial charge < -0.3 is 19.3 Å². The normalized spacial score (nSPS) is 15.5. The number of amides is 1. The Morgan fingerprint density at radius 2 is 1.56 bits per heavy atom. The van der Waals surface area contributed by atoms with Crippen LogP contribution in [0.1, 0.15) is 27.0 Å². The smallest absolute Gasteiger partial charge is 0.264 e. The number of ether oxygens (including phenoxy) is 2. The number of ketones is 1. The van der Waals surface area contributed by atoms with Crippen molar-refractivity contribution in [3.63, 3.8) is 0 Å². The largest absolute Gasteiger partial charge is 0.486 e. The van der Waals surface area contributed by atoms with Gasteiger partial charge in [0, 0.05) is 42.3 Å². The van der Waals surface area contributed by atoms with Crippen LogP contribution in [0.3, 0.4) is 0 Å². The Hall–Kier alpha value is -3.32. The Kier molecular flexibility index (Phi) is 5.57. The first kappa shape index (κ1) is 20.6. The molecule has 0 spiro atoms. The molecule has 0 bridgehead atoms. The number of benzene rings is 2. The third-order valence-corrected chi connectivity index (χ3v) is 6.97. The Morgan fingerprint density at radius 1 is 0.844 bits per heavy atom. The summed E-state index contributed by atoms with van der Waals surface area (Å²) >= 11 is 1.51. The van der Waals surface area contributed by atoms with E-state index < -0.39 is 0 Å². The maximum absolute atomic E-state index is 13.1. The fraction of sp³-hybridized carbons (Fsp3) is 0.280. The van der Waals surface area contributed by atoms with Gasteiger partial charge >= 0.3 is 0 Å². The number of nitrogens with zero attached hydrogens (tertiary/aromatic N) is 2. The van der Waals surface area contributed by atoms with Crippen LogP contribution in [-0.2, 0) is 0 Å². The molecule has 0 saturated carbocycles. The Bertz CT molecular complexity index is 1150. The molecule has 6 nitrogen and oxygen atoms in total. The van der Waals surface area contributed by atoms with Crippen molar-refractivity contribution >= 4 is 28.7 Å². The molecule has 2 aromatic carbocycles. The van der Waals surface area contributed by atoms with E-state index in [1.54, 1.807) is 6.92 Å². The molecule has 5 rings (SSSR count). The number of thiophene rings is 1. The van der Waals surface area contributed by atoms with Crippen LogP contribution in [0.4, 0.5) is 5.69 Å². The summed E-state index contributed by atoms with van der Waals surface area (Å²) in [7, 11) is 0. The molecular weight excluding hydrogens is 424 g/mol. The van der Waals surface area contributed by atoms with Crippen molar-refractivity contribution in [3.8, 4) is 21.9 Å². The van der Waals surface area contributed by atoms with Crippen molar-refractivity contribution in [2.75, 3.05) is 44.3 Å². The molecule has 0 N–H and O–H groups in total. The number of rotatable bonds is 4. The summed E-state index contributed by atoms with van der Waals surface area (Å²) in [4.78, 5) is 30.5. The van der Waals surface area contributed by atoms with Gasteiger partial charge in [0.25, 0.3) is 5.91 Å². The van der Waals surface area contributed by atoms with Crippen LogP contribution < -0.4 is 14.4 Å². The molecule has 32 heavy (non-hydrogen) atoms. The average Bonchev–Trinajstić information content (AvgIpc) is 3.34. The van der Waals surface area contributed by atoms with Gasteiger partial charge in [-0.2, -0.15) is 0 Å². The summed E-state index contributed by atoms with van der Waals surface area (Å²) in [6.45, 7) is 5.58. The summed E-state index contributed by atoms with van der Waals surface area (Å²) in [5.74, 6) is 1.66. The molecule has 164 valence electrons. The Labute approximate surface area is 191 Å². The molecule has 1 aromatic heterocycles. The van der Waals surface area contributed by atoms with Crippen LogP contribution in [0, 0.1) is 0 Å². The van der Waals surface area contributed by atoms with Crippen molar-refractivity contribution in [2.24, 2.45) is 0 Å². The lowest BCUT2D eigenvalue weighted by molar-refractivity contribution is 0.0751. The van der Waals surface area contributed by atoms with Crippen LogP contribution in [0.25, 0.3) is 10.4 Å². The zero-order chi connectivity index (χ0) is 22.1. The zero-order valence-electron chi connectivity index (χ0n) is 17.9. The van der Waals surface area contributed by atoms with Gasteiger partial charge in [0.1, 0.15) is 13.2 Å². The fourth-order valence-electron chi connectivity index (χ4n) is 4.04. The first-order valence-electron chi connectivity index (χ1n) is 10.7. The molecule has 2 aliphatic rings. The maximum atomic E-state index is 13.1. The van der Waals surface area contributed by atoms with Crippen LogP contribution in [-0.4, -0.2) is 56.0 Å². The molecule has 1 saturated heterocycles. The average molecular weight is 449 g/mol. The first-order valence-corrected chi connectivity index (χ1v) is 11.6. The topological polar surface area (TPSA) is 59.1 Å². The number of Topliss-reactive ketones (excluding diaryl/α,β-unsaturated/α-hetero) is 1. The lowest BCUT2D eigenvalue weighted by Crippen LogP contribution is -2.48. The van der Waals surface area contributed by atoms with E-state index in [9.17, 15) is 9.59 Å². The second kappa shape index (κ2) is 8.67. The zero-order valence-corrected chi connectivity index (χ0v) is 18.7. The van der Waals surface area contributed by atoms with E-state index in [0.717, 1.165) is 45.6 Å². The quantitative estimate of drug-likeness (QED) is 0.556. The number of carbonyl (C=O) groups excluding carboxylic acids is 2. The summed E-state index contributed by atoms with van der Waals surface area (Å²) < 4.78 is 11.3. The van der Waals surface area contributed by atoms with Gasteiger partial charge in [-0.1, -0.05) is 0 Å². The number of hydrogen-bond acceptors (Lipinski definition) is 6. The molecule has 2 aliphatic heterocycles. The summed E-state index contributed by atoms with van der Waals surface area (Å²) in [6, 6.07) is 17.5.